The molecule has 0 fully saturated rings. The number of aromatic nitrogens is 4. The molecule has 0 radical (unpaired) electrons. The van der Waals surface area contributed by atoms with Gasteiger partial charge in [0, 0.05) is 22.4 Å². The molecule has 3 aromatic carbocycles. The van der Waals surface area contributed by atoms with Crippen LogP contribution in [0.2, 0.25) is 0 Å². The molecule has 0 aliphatic rings. The lowest BCUT2D eigenvalue weighted by atomic mass is 9.90. The van der Waals surface area contributed by atoms with Crippen LogP contribution in [0.3, 0.4) is 0 Å². The fourth-order valence-corrected chi connectivity index (χ4v) is 7.14. The highest BCUT2D eigenvalue weighted by Gasteiger charge is 2.29. The van der Waals surface area contributed by atoms with E-state index in [1.807, 2.05) is 95.3 Å². The lowest BCUT2D eigenvalue weighted by molar-refractivity contribution is 0.559. The maximum atomic E-state index is 10.5. The Bertz CT molecular complexity index is 2320. The zero-order valence-corrected chi connectivity index (χ0v) is 32.7. The Morgan fingerprint density at radius 2 is 1.41 bits per heavy atom. The quantitative estimate of drug-likeness (QED) is 0.0838. The summed E-state index contributed by atoms with van der Waals surface area (Å²) in [5.74, 6) is 1.06. The van der Waals surface area contributed by atoms with Crippen LogP contribution in [0, 0.1) is 36.5 Å². The van der Waals surface area contributed by atoms with E-state index >= 15 is 0 Å². The molecule has 0 amide bonds. The Balaban J connectivity index is 1.42. The van der Waals surface area contributed by atoms with Gasteiger partial charge in [-0.1, -0.05) is 113 Å². The van der Waals surface area contributed by atoms with Gasteiger partial charge < -0.3 is 10.6 Å². The van der Waals surface area contributed by atoms with Gasteiger partial charge in [-0.15, -0.1) is 10.2 Å². The smallest absolute Gasteiger partial charge is 0.213 e. The van der Waals surface area contributed by atoms with E-state index in [0.29, 0.717) is 44.8 Å². The first kappa shape index (κ1) is 37.8. The van der Waals surface area contributed by atoms with Crippen LogP contribution < -0.4 is 10.6 Å². The second-order valence-corrected chi connectivity index (χ2v) is 15.6. The summed E-state index contributed by atoms with van der Waals surface area (Å²) < 4.78 is 2.59. The van der Waals surface area contributed by atoms with E-state index in [9.17, 15) is 10.5 Å². The minimum Gasteiger partial charge on any atom is -0.339 e. The van der Waals surface area contributed by atoms with E-state index in [-0.39, 0.29) is 5.82 Å². The first-order valence-corrected chi connectivity index (χ1v) is 19.4. The molecule has 0 bridgehead atoms. The number of fused-ring (bicyclic) bond motifs is 1. The highest BCUT2D eigenvalue weighted by molar-refractivity contribution is 7.20. The molecule has 3 aromatic heterocycles. The third-order valence-corrected chi connectivity index (χ3v) is 10.3. The predicted molar refractivity (Wildman–Crippen MR) is 219 cm³/mol. The van der Waals surface area contributed by atoms with E-state index < -0.39 is 5.41 Å². The predicted octanol–water partition coefficient (Wildman–Crippen LogP) is 12.3. The molecule has 54 heavy (non-hydrogen) atoms. The van der Waals surface area contributed by atoms with Crippen molar-refractivity contribution in [1.82, 2.24) is 19.7 Å². The van der Waals surface area contributed by atoms with Gasteiger partial charge in [-0.05, 0) is 68.7 Å². The molecule has 274 valence electrons. The fraction of sp³-hybridized carbons (Fsp3) is 0.326. The molecular formula is C43H46N10S. The van der Waals surface area contributed by atoms with Crippen LogP contribution in [-0.2, 0) is 11.8 Å². The number of hydrogen-bond donors (Lipinski definition) is 2. The molecule has 11 heteroatoms. The molecular weight excluding hydrogens is 689 g/mol. The van der Waals surface area contributed by atoms with Crippen molar-refractivity contribution in [2.75, 3.05) is 10.6 Å². The van der Waals surface area contributed by atoms with E-state index in [0.717, 1.165) is 33.6 Å². The number of anilines is 4. The lowest BCUT2D eigenvalue weighted by Gasteiger charge is -2.16. The number of aryl methyl sites for hydroxylation is 2. The Labute approximate surface area is 321 Å². The van der Waals surface area contributed by atoms with Crippen LogP contribution in [0.15, 0.2) is 83.0 Å². The Morgan fingerprint density at radius 3 is 2.07 bits per heavy atom. The van der Waals surface area contributed by atoms with Crippen molar-refractivity contribution in [3.8, 4) is 17.3 Å². The number of nitriles is 2. The summed E-state index contributed by atoms with van der Waals surface area (Å²) in [6.45, 7) is 12.1. The number of nitrogens with zero attached hydrogens (tertiary/aromatic N) is 8. The van der Waals surface area contributed by atoms with Crippen LogP contribution in [0.4, 0.5) is 34.5 Å². The lowest BCUT2D eigenvalue weighted by Crippen LogP contribution is -2.14. The summed E-state index contributed by atoms with van der Waals surface area (Å²) in [6.07, 6.45) is 8.58. The van der Waals surface area contributed by atoms with Crippen molar-refractivity contribution in [1.29, 1.82) is 10.5 Å². The molecule has 0 saturated carbocycles. The van der Waals surface area contributed by atoms with Gasteiger partial charge in [-0.2, -0.15) is 20.3 Å². The van der Waals surface area contributed by atoms with Gasteiger partial charge in [0.2, 0.25) is 5.13 Å². The summed E-state index contributed by atoms with van der Waals surface area (Å²) in [6, 6.07) is 28.8. The number of nitrogens with one attached hydrogen (secondary N) is 2. The second kappa shape index (κ2) is 16.8. The number of benzene rings is 3. The molecule has 6 aromatic rings. The van der Waals surface area contributed by atoms with Crippen LogP contribution in [0.5, 0.6) is 0 Å². The molecule has 0 unspecified atom stereocenters. The van der Waals surface area contributed by atoms with E-state index in [1.165, 1.54) is 55.4 Å². The van der Waals surface area contributed by atoms with Crippen LogP contribution in [0.25, 0.3) is 15.3 Å². The Kier molecular flexibility index (Phi) is 11.8. The normalized spacial score (nSPS) is 11.6. The molecule has 6 rings (SSSR count). The van der Waals surface area contributed by atoms with Crippen LogP contribution in [0.1, 0.15) is 99.7 Å². The van der Waals surface area contributed by atoms with E-state index in [1.54, 1.807) is 4.68 Å². The average Bonchev–Trinajstić information content (AvgIpc) is 3.76. The summed E-state index contributed by atoms with van der Waals surface area (Å²) in [5.41, 5.74) is 6.57. The van der Waals surface area contributed by atoms with Gasteiger partial charge >= 0.3 is 0 Å². The number of rotatable bonds is 14. The van der Waals surface area contributed by atoms with Crippen molar-refractivity contribution < 1.29 is 0 Å². The fourth-order valence-electron chi connectivity index (χ4n) is 6.22. The zero-order valence-electron chi connectivity index (χ0n) is 31.9. The Morgan fingerprint density at radius 1 is 0.759 bits per heavy atom. The minimum atomic E-state index is -0.458. The first-order chi connectivity index (χ1) is 26.1. The largest absolute Gasteiger partial charge is 0.339 e. The van der Waals surface area contributed by atoms with Crippen molar-refractivity contribution >= 4 is 56.1 Å². The maximum absolute atomic E-state index is 10.5. The van der Waals surface area contributed by atoms with Gasteiger partial charge in [0.1, 0.15) is 23.4 Å². The van der Waals surface area contributed by atoms with Crippen molar-refractivity contribution in [3.05, 3.63) is 106 Å². The monoisotopic (exact) mass is 734 g/mol. The highest BCUT2D eigenvalue weighted by atomic mass is 32.1. The number of thiazole rings is 1. The minimum absolute atomic E-state index is 0.256. The molecule has 0 atom stereocenters. The number of unbranched alkanes of at least 4 members (excludes halogenated alkanes) is 5. The molecule has 0 aliphatic carbocycles. The molecule has 0 spiro atoms. The van der Waals surface area contributed by atoms with E-state index in [4.69, 9.17) is 25.3 Å². The third kappa shape index (κ3) is 8.65. The average molecular weight is 735 g/mol. The summed E-state index contributed by atoms with van der Waals surface area (Å²) >= 11 is 1.46. The van der Waals surface area contributed by atoms with Gasteiger partial charge in [0.25, 0.3) is 0 Å². The van der Waals surface area contributed by atoms with Gasteiger partial charge in [0.15, 0.2) is 17.5 Å². The summed E-state index contributed by atoms with van der Waals surface area (Å²) in [4.78, 5) is 9.76. The second-order valence-electron chi connectivity index (χ2n) is 14.6. The highest BCUT2D eigenvalue weighted by Crippen LogP contribution is 2.40. The van der Waals surface area contributed by atoms with Gasteiger partial charge in [-0.3, -0.25) is 0 Å². The number of hydrogen-bond acceptors (Lipinski definition) is 10. The number of azo groups is 1. The number of para-hydroxylation sites is 1. The molecule has 3 heterocycles. The van der Waals surface area contributed by atoms with Crippen molar-refractivity contribution in [2.24, 2.45) is 10.2 Å². The number of pyridine rings is 1. The van der Waals surface area contributed by atoms with E-state index in [2.05, 4.69) is 41.8 Å². The van der Waals surface area contributed by atoms with Crippen LogP contribution in [-0.4, -0.2) is 19.7 Å². The zero-order chi connectivity index (χ0) is 38.2. The van der Waals surface area contributed by atoms with Gasteiger partial charge in [-0.25, -0.2) is 9.97 Å². The SMILES string of the molecule is CCCCCCCCc1ccc(Nc2nc(Nc3ccc(C)cc3)c(C#N)c(C)c2N=Nc2c(C#N)c(C(C)(C)C)nn2-c2nc3ccccc3s2)cc1. The summed E-state index contributed by atoms with van der Waals surface area (Å²) in [7, 11) is 0. The maximum Gasteiger partial charge on any atom is 0.213 e. The first-order valence-electron chi connectivity index (χ1n) is 18.5. The Hall–Kier alpha value is -5.91. The third-order valence-electron chi connectivity index (χ3n) is 9.27. The van der Waals surface area contributed by atoms with Crippen molar-refractivity contribution in [2.45, 2.75) is 91.9 Å². The standard InChI is InChI=1S/C43H46N10S/c1-7-8-9-10-11-12-15-30-20-24-32(25-21-30)47-40-37(29(3)33(26-44)39(49-40)46-31-22-18-28(2)19-23-31)50-51-41-34(27-45)38(43(4,5)6)52-53(41)42-48-35-16-13-14-17-36(35)54-42/h13-14,16-25H,7-12,15H2,1-6H3,(H2,46,47,49). The van der Waals surface area contributed by atoms with Crippen molar-refractivity contribution in [3.63, 3.8) is 0 Å². The molecule has 0 aliphatic heterocycles. The molecule has 0 saturated heterocycles. The topological polar surface area (TPSA) is 140 Å². The molecule has 10 nitrogen and oxygen atoms in total. The van der Waals surface area contributed by atoms with Gasteiger partial charge in [0.05, 0.1) is 21.5 Å². The molecule has 2 N–H and O–H groups in total. The summed E-state index contributed by atoms with van der Waals surface area (Å²) in [5, 5.41) is 42.6. The van der Waals surface area contributed by atoms with Crippen LogP contribution >= 0.6 is 11.3 Å².